The number of pyridine rings is 1. The molecular formula is C21H12ClF4N3O4S. The molecule has 13 heteroatoms. The Morgan fingerprint density at radius 1 is 1.12 bits per heavy atom. The average Bonchev–Trinajstić information content (AvgIpc) is 3.18. The zero-order chi connectivity index (χ0) is 24.6. The third-order valence-corrected chi connectivity index (χ3v) is 6.25. The van der Waals surface area contributed by atoms with Gasteiger partial charge in [-0.1, -0.05) is 11.6 Å². The van der Waals surface area contributed by atoms with Crippen molar-refractivity contribution in [2.75, 3.05) is 4.72 Å². The Labute approximate surface area is 194 Å². The number of hydrogen-bond donors (Lipinski definition) is 2. The fourth-order valence-electron chi connectivity index (χ4n) is 3.14. The summed E-state index contributed by atoms with van der Waals surface area (Å²) in [7, 11) is -4.43. The van der Waals surface area contributed by atoms with E-state index in [1.807, 2.05) is 4.72 Å². The second-order valence-electron chi connectivity index (χ2n) is 6.82. The molecule has 0 amide bonds. The minimum atomic E-state index is -4.43. The molecule has 176 valence electrons. The molecule has 0 unspecified atom stereocenters. The van der Waals surface area contributed by atoms with Gasteiger partial charge in [0.2, 0.25) is 5.78 Å². The molecule has 0 aliphatic rings. The minimum Gasteiger partial charge on any atom is -0.435 e. The van der Waals surface area contributed by atoms with Crippen LogP contribution in [0.5, 0.6) is 5.75 Å². The molecule has 7 nitrogen and oxygen atoms in total. The first-order chi connectivity index (χ1) is 16.1. The third kappa shape index (κ3) is 4.54. The van der Waals surface area contributed by atoms with Crippen LogP contribution >= 0.6 is 11.6 Å². The van der Waals surface area contributed by atoms with Crippen LogP contribution in [0.15, 0.2) is 59.8 Å². The van der Waals surface area contributed by atoms with Crippen LogP contribution in [0, 0.1) is 11.6 Å². The van der Waals surface area contributed by atoms with Crippen molar-refractivity contribution in [1.82, 2.24) is 9.97 Å². The van der Waals surface area contributed by atoms with Crippen LogP contribution in [-0.4, -0.2) is 30.8 Å². The van der Waals surface area contributed by atoms with Gasteiger partial charge in [0.15, 0.2) is 5.82 Å². The standard InChI is InChI=1S/C21H12ClF4N3O4S/c22-10-7-13-14(9-28-20(13)27-8-10)19(30)17-15(23)5-6-16(18(17)24)29-34(31,32)12-3-1-11(2-4-12)33-21(25)26/h1-9,21,29H,(H,27,28). The fraction of sp³-hybridized carbons (Fsp3) is 0.0476. The highest BCUT2D eigenvalue weighted by Gasteiger charge is 2.26. The molecule has 0 bridgehead atoms. The van der Waals surface area contributed by atoms with Crippen LogP contribution in [0.25, 0.3) is 11.0 Å². The molecule has 0 radical (unpaired) electrons. The predicted octanol–water partition coefficient (Wildman–Crippen LogP) is 5.13. The van der Waals surface area contributed by atoms with E-state index in [2.05, 4.69) is 14.7 Å². The Kier molecular flexibility index (Phi) is 6.19. The SMILES string of the molecule is O=C(c1c(F)ccc(NS(=O)(=O)c2ccc(OC(F)F)cc2)c1F)c1c[nH]c2ncc(Cl)cc12. The van der Waals surface area contributed by atoms with Gasteiger partial charge in [-0.15, -0.1) is 0 Å². The summed E-state index contributed by atoms with van der Waals surface area (Å²) in [6, 6.07) is 6.79. The van der Waals surface area contributed by atoms with Crippen molar-refractivity contribution in [1.29, 1.82) is 0 Å². The fourth-order valence-corrected chi connectivity index (χ4v) is 4.36. The van der Waals surface area contributed by atoms with Crippen LogP contribution in [0.2, 0.25) is 5.02 Å². The monoisotopic (exact) mass is 513 g/mol. The summed E-state index contributed by atoms with van der Waals surface area (Å²) in [6.45, 7) is -3.10. The quantitative estimate of drug-likeness (QED) is 0.264. The van der Waals surface area contributed by atoms with Gasteiger partial charge in [0.1, 0.15) is 17.2 Å². The lowest BCUT2D eigenvalue weighted by Gasteiger charge is -2.12. The lowest BCUT2D eigenvalue weighted by molar-refractivity contribution is -0.0498. The maximum atomic E-state index is 15.2. The van der Waals surface area contributed by atoms with Gasteiger partial charge < -0.3 is 9.72 Å². The number of hydrogen-bond acceptors (Lipinski definition) is 5. The second kappa shape index (κ2) is 8.95. The highest BCUT2D eigenvalue weighted by atomic mass is 35.5. The van der Waals surface area contributed by atoms with Crippen LogP contribution in [0.1, 0.15) is 15.9 Å². The van der Waals surface area contributed by atoms with E-state index in [0.29, 0.717) is 0 Å². The van der Waals surface area contributed by atoms with Gasteiger partial charge in [-0.3, -0.25) is 9.52 Å². The van der Waals surface area contributed by atoms with E-state index in [1.165, 1.54) is 18.5 Å². The number of nitrogens with zero attached hydrogens (tertiary/aromatic N) is 1. The molecule has 4 aromatic rings. The van der Waals surface area contributed by atoms with Gasteiger partial charge in [-0.2, -0.15) is 8.78 Å². The van der Waals surface area contributed by atoms with Crippen LogP contribution < -0.4 is 9.46 Å². The van der Waals surface area contributed by atoms with Gasteiger partial charge in [0.25, 0.3) is 10.0 Å². The zero-order valence-electron chi connectivity index (χ0n) is 16.7. The van der Waals surface area contributed by atoms with Gasteiger partial charge >= 0.3 is 6.61 Å². The maximum absolute atomic E-state index is 15.2. The number of nitrogens with one attached hydrogen (secondary N) is 2. The van der Waals surface area contributed by atoms with E-state index in [-0.39, 0.29) is 27.4 Å². The van der Waals surface area contributed by atoms with Crippen LogP contribution in [-0.2, 0) is 10.0 Å². The number of anilines is 1. The molecule has 0 aliphatic carbocycles. The number of ketones is 1. The number of benzene rings is 2. The van der Waals surface area contributed by atoms with Crippen LogP contribution in [0.4, 0.5) is 23.2 Å². The molecule has 0 saturated carbocycles. The molecule has 2 aromatic carbocycles. The van der Waals surface area contributed by atoms with Gasteiger partial charge in [-0.25, -0.2) is 22.2 Å². The number of aromatic nitrogens is 2. The van der Waals surface area contributed by atoms with Crippen LogP contribution in [0.3, 0.4) is 0 Å². The molecular weight excluding hydrogens is 502 g/mol. The number of aromatic amines is 1. The topological polar surface area (TPSA) is 101 Å². The summed E-state index contributed by atoms with van der Waals surface area (Å²) >= 11 is 5.89. The number of ether oxygens (including phenoxy) is 1. The summed E-state index contributed by atoms with van der Waals surface area (Å²) < 4.78 is 85.5. The molecule has 2 heterocycles. The van der Waals surface area contributed by atoms with Gasteiger partial charge in [0, 0.05) is 23.3 Å². The van der Waals surface area contributed by atoms with Crippen molar-refractivity contribution in [3.05, 3.63) is 82.6 Å². The molecule has 0 aliphatic heterocycles. The normalized spacial score (nSPS) is 11.7. The van der Waals surface area contributed by atoms with E-state index in [0.717, 1.165) is 36.4 Å². The summed E-state index contributed by atoms with van der Waals surface area (Å²) in [5, 5.41) is 0.405. The summed E-state index contributed by atoms with van der Waals surface area (Å²) in [5.74, 6) is -4.03. The molecule has 0 spiro atoms. The van der Waals surface area contributed by atoms with Crippen molar-refractivity contribution in [3.8, 4) is 5.75 Å². The number of halogens is 5. The van der Waals surface area contributed by atoms with E-state index in [1.54, 1.807) is 0 Å². The Morgan fingerprint density at radius 3 is 2.50 bits per heavy atom. The third-order valence-electron chi connectivity index (χ3n) is 4.66. The number of fused-ring (bicyclic) bond motifs is 1. The largest absolute Gasteiger partial charge is 0.435 e. The van der Waals surface area contributed by atoms with Crippen molar-refractivity contribution < 1.29 is 35.5 Å². The number of carbonyl (C=O) groups excluding carboxylic acids is 1. The van der Waals surface area contributed by atoms with Gasteiger partial charge in [-0.05, 0) is 42.5 Å². The minimum absolute atomic E-state index is 0.127. The summed E-state index contributed by atoms with van der Waals surface area (Å²) in [4.78, 5) is 19.2. The Morgan fingerprint density at radius 2 is 1.82 bits per heavy atom. The Hall–Kier alpha value is -3.64. The van der Waals surface area contributed by atoms with Crippen molar-refractivity contribution >= 4 is 44.1 Å². The first kappa shape index (κ1) is 23.5. The summed E-state index contributed by atoms with van der Waals surface area (Å²) in [5.41, 5.74) is -1.57. The first-order valence-electron chi connectivity index (χ1n) is 9.30. The average molecular weight is 514 g/mol. The highest BCUT2D eigenvalue weighted by molar-refractivity contribution is 7.92. The molecule has 4 rings (SSSR count). The van der Waals surface area contributed by atoms with E-state index in [9.17, 15) is 26.4 Å². The van der Waals surface area contributed by atoms with Crippen molar-refractivity contribution in [3.63, 3.8) is 0 Å². The number of carbonyl (C=O) groups is 1. The van der Waals surface area contributed by atoms with Crippen molar-refractivity contribution in [2.24, 2.45) is 0 Å². The number of H-pyrrole nitrogens is 1. The van der Waals surface area contributed by atoms with Gasteiger partial charge in [0.05, 0.1) is 21.2 Å². The number of alkyl halides is 2. The van der Waals surface area contributed by atoms with E-state index < -0.39 is 50.2 Å². The molecule has 0 saturated heterocycles. The summed E-state index contributed by atoms with van der Waals surface area (Å²) in [6.07, 6.45) is 2.52. The zero-order valence-corrected chi connectivity index (χ0v) is 18.2. The van der Waals surface area contributed by atoms with E-state index in [4.69, 9.17) is 11.6 Å². The molecule has 0 atom stereocenters. The number of rotatable bonds is 7. The van der Waals surface area contributed by atoms with E-state index >= 15 is 4.39 Å². The predicted molar refractivity (Wildman–Crippen MR) is 115 cm³/mol. The molecule has 34 heavy (non-hydrogen) atoms. The number of sulfonamides is 1. The van der Waals surface area contributed by atoms with Crippen molar-refractivity contribution in [2.45, 2.75) is 11.5 Å². The molecule has 0 fully saturated rings. The smallest absolute Gasteiger partial charge is 0.387 e. The maximum Gasteiger partial charge on any atom is 0.387 e. The lowest BCUT2D eigenvalue weighted by Crippen LogP contribution is -2.16. The Balaban J connectivity index is 1.68. The second-order valence-corrected chi connectivity index (χ2v) is 8.94. The Bertz CT molecular complexity index is 1510. The lowest BCUT2D eigenvalue weighted by atomic mass is 10.0. The highest BCUT2D eigenvalue weighted by Crippen LogP contribution is 2.29. The molecule has 2 aromatic heterocycles. The first-order valence-corrected chi connectivity index (χ1v) is 11.2. The molecule has 2 N–H and O–H groups in total.